The number of hydrogen-bond acceptors (Lipinski definition) is 4. The number of nitrogens with zero attached hydrogens (tertiary/aromatic N) is 2. The highest BCUT2D eigenvalue weighted by Gasteiger charge is 2.41. The van der Waals surface area contributed by atoms with E-state index in [4.69, 9.17) is 4.74 Å². The Labute approximate surface area is 154 Å². The van der Waals surface area contributed by atoms with Crippen molar-refractivity contribution < 1.29 is 19.1 Å². The van der Waals surface area contributed by atoms with E-state index in [1.54, 1.807) is 16.7 Å². The molecule has 2 fully saturated rings. The molecule has 2 aliphatic rings. The number of anilines is 1. The molecule has 2 aliphatic heterocycles. The number of likely N-dealkylation sites (tertiary alicyclic amines) is 1. The fourth-order valence-corrected chi connectivity index (χ4v) is 3.86. The Bertz CT molecular complexity index is 703. The van der Waals surface area contributed by atoms with Crippen molar-refractivity contribution in [2.45, 2.75) is 33.1 Å². The van der Waals surface area contributed by atoms with Crippen molar-refractivity contribution in [1.29, 1.82) is 0 Å². The molecule has 3 rings (SSSR count). The summed E-state index contributed by atoms with van der Waals surface area (Å²) in [6, 6.07) is 7.72. The number of rotatable bonds is 4. The maximum absolute atomic E-state index is 12.9. The molecule has 0 N–H and O–H groups in total. The van der Waals surface area contributed by atoms with Crippen LogP contribution in [0.3, 0.4) is 0 Å². The van der Waals surface area contributed by atoms with E-state index in [1.165, 1.54) is 0 Å². The van der Waals surface area contributed by atoms with Gasteiger partial charge in [-0.1, -0.05) is 18.2 Å². The highest BCUT2D eigenvalue weighted by atomic mass is 16.5. The first-order valence-corrected chi connectivity index (χ1v) is 9.35. The molecule has 0 saturated carbocycles. The van der Waals surface area contributed by atoms with Gasteiger partial charge in [0.15, 0.2) is 0 Å². The van der Waals surface area contributed by atoms with Crippen LogP contribution in [-0.4, -0.2) is 48.9 Å². The van der Waals surface area contributed by atoms with Gasteiger partial charge in [-0.15, -0.1) is 0 Å². The van der Waals surface area contributed by atoms with Crippen LogP contribution in [0.25, 0.3) is 0 Å². The molecule has 140 valence electrons. The van der Waals surface area contributed by atoms with Crippen LogP contribution in [0.5, 0.6) is 0 Å². The minimum absolute atomic E-state index is 0.137. The number of ether oxygens (including phenoxy) is 1. The lowest BCUT2D eigenvalue weighted by Gasteiger charge is -2.33. The van der Waals surface area contributed by atoms with Gasteiger partial charge in [-0.25, -0.2) is 0 Å². The average Bonchev–Trinajstić information content (AvgIpc) is 3.03. The molecule has 0 bridgehead atoms. The predicted octanol–water partition coefficient (Wildman–Crippen LogP) is 2.15. The smallest absolute Gasteiger partial charge is 0.310 e. The zero-order valence-electron chi connectivity index (χ0n) is 15.4. The first-order valence-electron chi connectivity index (χ1n) is 9.35. The van der Waals surface area contributed by atoms with Gasteiger partial charge in [0.25, 0.3) is 0 Å². The lowest BCUT2D eigenvalue weighted by atomic mass is 9.96. The molecule has 1 aromatic rings. The largest absolute Gasteiger partial charge is 0.466 e. The normalized spacial score (nSPS) is 23.2. The van der Waals surface area contributed by atoms with Crippen LogP contribution in [0.2, 0.25) is 0 Å². The molecular weight excluding hydrogens is 332 g/mol. The van der Waals surface area contributed by atoms with Gasteiger partial charge in [-0.05, 0) is 44.7 Å². The van der Waals surface area contributed by atoms with Crippen LogP contribution in [-0.2, 0) is 19.1 Å². The van der Waals surface area contributed by atoms with E-state index < -0.39 is 5.92 Å². The van der Waals surface area contributed by atoms with E-state index >= 15 is 0 Å². The van der Waals surface area contributed by atoms with E-state index in [0.717, 1.165) is 24.1 Å². The molecule has 2 heterocycles. The first-order chi connectivity index (χ1) is 12.5. The summed E-state index contributed by atoms with van der Waals surface area (Å²) in [5.74, 6) is -1.46. The Morgan fingerprint density at radius 1 is 1.19 bits per heavy atom. The Balaban J connectivity index is 1.68. The standard InChI is InChI=1S/C20H26N2O4/c1-3-26-20(25)15-8-6-11-21(13-15)18(23)16-10-12-22(19(16)24)17-9-5-4-7-14(17)2/h4-5,7,9,15-16H,3,6,8,10-13H2,1-2H3/t15-,16+/m0/s1. The molecule has 1 aromatic carbocycles. The summed E-state index contributed by atoms with van der Waals surface area (Å²) in [5.41, 5.74) is 1.89. The number of hydrogen-bond donors (Lipinski definition) is 0. The number of amides is 2. The lowest BCUT2D eigenvalue weighted by Crippen LogP contribution is -2.46. The quantitative estimate of drug-likeness (QED) is 0.611. The van der Waals surface area contributed by atoms with E-state index in [2.05, 4.69) is 0 Å². The van der Waals surface area contributed by atoms with Crippen molar-refractivity contribution in [3.05, 3.63) is 29.8 Å². The lowest BCUT2D eigenvalue weighted by molar-refractivity contribution is -0.152. The minimum atomic E-state index is -0.643. The Hall–Kier alpha value is -2.37. The predicted molar refractivity (Wildman–Crippen MR) is 97.6 cm³/mol. The molecule has 2 atom stereocenters. The summed E-state index contributed by atoms with van der Waals surface area (Å²) in [6.45, 7) is 5.59. The summed E-state index contributed by atoms with van der Waals surface area (Å²) < 4.78 is 5.09. The van der Waals surface area contributed by atoms with E-state index in [-0.39, 0.29) is 23.7 Å². The topological polar surface area (TPSA) is 66.9 Å². The molecule has 2 amide bonds. The summed E-state index contributed by atoms with van der Waals surface area (Å²) in [7, 11) is 0. The van der Waals surface area contributed by atoms with Gasteiger partial charge in [0.2, 0.25) is 11.8 Å². The van der Waals surface area contributed by atoms with E-state index in [1.807, 2.05) is 31.2 Å². The van der Waals surface area contributed by atoms with Crippen molar-refractivity contribution in [2.24, 2.45) is 11.8 Å². The third kappa shape index (κ3) is 3.59. The van der Waals surface area contributed by atoms with Gasteiger partial charge in [0.05, 0.1) is 12.5 Å². The first kappa shape index (κ1) is 18.4. The highest BCUT2D eigenvalue weighted by Crippen LogP contribution is 2.30. The van der Waals surface area contributed by atoms with Gasteiger partial charge in [0.1, 0.15) is 5.92 Å². The second kappa shape index (κ2) is 7.89. The van der Waals surface area contributed by atoms with Crippen molar-refractivity contribution in [3.8, 4) is 0 Å². The summed E-state index contributed by atoms with van der Waals surface area (Å²) in [6.07, 6.45) is 2.01. The van der Waals surface area contributed by atoms with Gasteiger partial charge in [-0.3, -0.25) is 14.4 Å². The fraction of sp³-hybridized carbons (Fsp3) is 0.550. The molecular formula is C20H26N2O4. The summed E-state index contributed by atoms with van der Waals surface area (Å²) in [5, 5.41) is 0. The average molecular weight is 358 g/mol. The third-order valence-corrected chi connectivity index (χ3v) is 5.26. The van der Waals surface area contributed by atoms with E-state index in [0.29, 0.717) is 32.7 Å². The monoisotopic (exact) mass is 358 g/mol. The Morgan fingerprint density at radius 3 is 2.69 bits per heavy atom. The number of carbonyl (C=O) groups excluding carboxylic acids is 3. The molecule has 26 heavy (non-hydrogen) atoms. The third-order valence-electron chi connectivity index (χ3n) is 5.26. The maximum atomic E-state index is 12.9. The zero-order chi connectivity index (χ0) is 18.7. The highest BCUT2D eigenvalue weighted by molar-refractivity contribution is 6.10. The maximum Gasteiger partial charge on any atom is 0.310 e. The molecule has 6 nitrogen and oxygen atoms in total. The van der Waals surface area contributed by atoms with Crippen LogP contribution < -0.4 is 4.90 Å². The summed E-state index contributed by atoms with van der Waals surface area (Å²) >= 11 is 0. The Morgan fingerprint density at radius 2 is 1.96 bits per heavy atom. The van der Waals surface area contributed by atoms with Crippen LogP contribution >= 0.6 is 0 Å². The molecule has 0 radical (unpaired) electrons. The molecule has 2 saturated heterocycles. The van der Waals surface area contributed by atoms with Crippen molar-refractivity contribution in [1.82, 2.24) is 4.90 Å². The number of esters is 1. The number of piperidine rings is 1. The molecule has 0 aliphatic carbocycles. The molecule has 0 unspecified atom stereocenters. The van der Waals surface area contributed by atoms with Gasteiger partial charge in [-0.2, -0.15) is 0 Å². The van der Waals surface area contributed by atoms with Crippen LogP contribution in [0.4, 0.5) is 5.69 Å². The van der Waals surface area contributed by atoms with Crippen LogP contribution in [0, 0.1) is 18.8 Å². The van der Waals surface area contributed by atoms with Crippen molar-refractivity contribution in [2.75, 3.05) is 31.1 Å². The summed E-state index contributed by atoms with van der Waals surface area (Å²) in [4.78, 5) is 41.2. The van der Waals surface area contributed by atoms with Crippen molar-refractivity contribution in [3.63, 3.8) is 0 Å². The molecule has 0 aromatic heterocycles. The van der Waals surface area contributed by atoms with Crippen LogP contribution in [0.15, 0.2) is 24.3 Å². The Kier molecular flexibility index (Phi) is 5.59. The van der Waals surface area contributed by atoms with Crippen molar-refractivity contribution >= 4 is 23.5 Å². The SMILES string of the molecule is CCOC(=O)[C@H]1CCCN(C(=O)[C@H]2CCN(c3ccccc3C)C2=O)C1. The second-order valence-corrected chi connectivity index (χ2v) is 6.99. The number of aryl methyl sites for hydroxylation is 1. The van der Waals surface area contributed by atoms with Gasteiger partial charge >= 0.3 is 5.97 Å². The number of benzene rings is 1. The van der Waals surface area contributed by atoms with Crippen LogP contribution in [0.1, 0.15) is 31.7 Å². The second-order valence-electron chi connectivity index (χ2n) is 6.99. The number of carbonyl (C=O) groups is 3. The van der Waals surface area contributed by atoms with E-state index in [9.17, 15) is 14.4 Å². The van der Waals surface area contributed by atoms with Gasteiger partial charge in [0, 0.05) is 25.3 Å². The molecule has 6 heteroatoms. The number of para-hydroxylation sites is 1. The van der Waals surface area contributed by atoms with Gasteiger partial charge < -0.3 is 14.5 Å². The zero-order valence-corrected chi connectivity index (χ0v) is 15.4. The molecule has 0 spiro atoms. The fourth-order valence-electron chi connectivity index (χ4n) is 3.86. The minimum Gasteiger partial charge on any atom is -0.466 e.